The first-order valence-electron chi connectivity index (χ1n) is 12.8. The molecule has 0 aromatic carbocycles. The van der Waals surface area contributed by atoms with Gasteiger partial charge in [-0.25, -0.2) is 15.0 Å². The Labute approximate surface area is 239 Å². The van der Waals surface area contributed by atoms with E-state index >= 15 is 0 Å². The van der Waals surface area contributed by atoms with E-state index in [1.54, 1.807) is 27.7 Å². The Balaban J connectivity index is 2.05. The number of nitriles is 1. The SMILES string of the molecule is CC(=O)OC1C(COC(C(=O)O)P(=O)(NC(C)C)NC(C)C)OC(n2nnc3c(C#N)nn(C)c3c2=O)C1OC(C)=O. The summed E-state index contributed by atoms with van der Waals surface area (Å²) < 4.78 is 37.9. The van der Waals surface area contributed by atoms with E-state index in [0.29, 0.717) is 0 Å². The van der Waals surface area contributed by atoms with Gasteiger partial charge >= 0.3 is 17.9 Å². The van der Waals surface area contributed by atoms with E-state index in [4.69, 9.17) is 18.9 Å². The number of nitrogens with one attached hydrogen (secondary N) is 2. The van der Waals surface area contributed by atoms with Crippen LogP contribution in [-0.4, -0.2) is 90.6 Å². The van der Waals surface area contributed by atoms with E-state index < -0.39 is 80.0 Å². The summed E-state index contributed by atoms with van der Waals surface area (Å²) >= 11 is 0. The second-order valence-corrected chi connectivity index (χ2v) is 12.4. The van der Waals surface area contributed by atoms with Crippen LogP contribution in [0.3, 0.4) is 0 Å². The Hall–Kier alpha value is -3.75. The third-order valence-corrected chi connectivity index (χ3v) is 8.60. The van der Waals surface area contributed by atoms with Crippen LogP contribution >= 0.6 is 7.44 Å². The van der Waals surface area contributed by atoms with Gasteiger partial charge in [0.15, 0.2) is 35.2 Å². The van der Waals surface area contributed by atoms with Gasteiger partial charge in [0.05, 0.1) is 6.61 Å². The maximum Gasteiger partial charge on any atom is 0.343 e. The van der Waals surface area contributed by atoms with Crippen LogP contribution in [0.1, 0.15) is 53.5 Å². The van der Waals surface area contributed by atoms with Crippen molar-refractivity contribution in [2.75, 3.05) is 6.61 Å². The number of aromatic nitrogens is 5. The molecule has 0 amide bonds. The highest BCUT2D eigenvalue weighted by Gasteiger charge is 2.52. The first-order valence-corrected chi connectivity index (χ1v) is 14.6. The van der Waals surface area contributed by atoms with Gasteiger partial charge < -0.3 is 24.1 Å². The summed E-state index contributed by atoms with van der Waals surface area (Å²) in [6.45, 7) is 8.25. The average Bonchev–Trinajstić information content (AvgIpc) is 3.34. The van der Waals surface area contributed by atoms with Crippen molar-refractivity contribution in [3.05, 3.63) is 16.0 Å². The molecule has 3 N–H and O–H groups in total. The number of hydrogen-bond acceptors (Lipinski definition) is 13. The molecule has 42 heavy (non-hydrogen) atoms. The van der Waals surface area contributed by atoms with Gasteiger partial charge in [0.2, 0.25) is 5.85 Å². The number of rotatable bonds is 12. The van der Waals surface area contributed by atoms with Crippen molar-refractivity contribution in [2.24, 2.45) is 7.05 Å². The van der Waals surface area contributed by atoms with Crippen molar-refractivity contribution in [2.45, 2.75) is 84.0 Å². The Bertz CT molecular complexity index is 1480. The average molecular weight is 613 g/mol. The molecule has 3 heterocycles. The van der Waals surface area contributed by atoms with Crippen LogP contribution in [0.25, 0.3) is 11.0 Å². The van der Waals surface area contributed by atoms with Crippen molar-refractivity contribution in [3.63, 3.8) is 0 Å². The number of ether oxygens (including phenoxy) is 4. The van der Waals surface area contributed by atoms with Gasteiger partial charge in [0.1, 0.15) is 12.2 Å². The molecule has 2 aromatic rings. The highest BCUT2D eigenvalue weighted by atomic mass is 31.2. The van der Waals surface area contributed by atoms with Crippen LogP contribution in [-0.2, 0) is 44.9 Å². The highest BCUT2D eigenvalue weighted by Crippen LogP contribution is 2.45. The van der Waals surface area contributed by atoms with Gasteiger partial charge in [0, 0.05) is 33.0 Å². The zero-order chi connectivity index (χ0) is 31.5. The fourth-order valence-corrected chi connectivity index (χ4v) is 6.97. The summed E-state index contributed by atoms with van der Waals surface area (Å²) in [5.41, 5.74) is -1.15. The second kappa shape index (κ2) is 13.0. The van der Waals surface area contributed by atoms with Crippen molar-refractivity contribution >= 4 is 36.4 Å². The molecule has 5 unspecified atom stereocenters. The normalized spacial score (nSPS) is 21.4. The van der Waals surface area contributed by atoms with Gasteiger partial charge in [-0.3, -0.25) is 23.6 Å². The molecule has 1 aliphatic rings. The molecule has 3 rings (SSSR count). The smallest absolute Gasteiger partial charge is 0.343 e. The highest BCUT2D eigenvalue weighted by molar-refractivity contribution is 7.61. The van der Waals surface area contributed by atoms with E-state index in [1.165, 1.54) is 7.05 Å². The van der Waals surface area contributed by atoms with Gasteiger partial charge in [-0.1, -0.05) is 5.21 Å². The third-order valence-electron chi connectivity index (χ3n) is 5.77. The topological polar surface area (TPSA) is 239 Å². The number of fused-ring (bicyclic) bond motifs is 1. The molecule has 0 radical (unpaired) electrons. The van der Waals surface area contributed by atoms with Gasteiger partial charge in [-0.2, -0.15) is 15.0 Å². The van der Waals surface area contributed by atoms with Crippen LogP contribution in [0.2, 0.25) is 0 Å². The van der Waals surface area contributed by atoms with Crippen molar-refractivity contribution in [3.8, 4) is 6.07 Å². The third kappa shape index (κ3) is 6.99. The Kier molecular flexibility index (Phi) is 10.2. The molecule has 0 aliphatic carbocycles. The first kappa shape index (κ1) is 32.8. The lowest BCUT2D eigenvalue weighted by atomic mass is 10.1. The summed E-state index contributed by atoms with van der Waals surface area (Å²) in [6.07, 6.45) is -5.74. The molecule has 230 valence electrons. The van der Waals surface area contributed by atoms with Crippen molar-refractivity contribution in [1.82, 2.24) is 34.9 Å². The minimum Gasteiger partial charge on any atom is -0.479 e. The fourth-order valence-electron chi connectivity index (χ4n) is 4.48. The molecule has 19 heteroatoms. The summed E-state index contributed by atoms with van der Waals surface area (Å²) in [7, 11) is -2.53. The van der Waals surface area contributed by atoms with E-state index in [2.05, 4.69) is 25.6 Å². The number of esters is 2. The monoisotopic (exact) mass is 612 g/mol. The Morgan fingerprint density at radius 2 is 1.69 bits per heavy atom. The maximum atomic E-state index is 13.7. The molecule has 1 fully saturated rings. The van der Waals surface area contributed by atoms with Gasteiger partial charge in [-0.05, 0) is 27.7 Å². The quantitative estimate of drug-likeness (QED) is 0.207. The number of nitrogens with zero attached hydrogens (tertiary/aromatic N) is 6. The predicted molar refractivity (Wildman–Crippen MR) is 142 cm³/mol. The lowest BCUT2D eigenvalue weighted by molar-refractivity contribution is -0.166. The van der Waals surface area contributed by atoms with E-state index in [1.807, 2.05) is 6.07 Å². The molecule has 1 saturated heterocycles. The van der Waals surface area contributed by atoms with Crippen LogP contribution in [0, 0.1) is 11.3 Å². The standard InChI is InChI=1S/C23H33N8O10P/c1-10(2)27-42(37,28-11(3)4)23(22(35)36)38-9-15-18(39-12(5)32)19(40-13(6)33)21(41-15)31-20(34)17-16(25-29-31)14(8-24)26-30(17)7/h10-11,15,18-19,21,23H,9H2,1-7H3,(H,35,36)(H2,27,28,37). The fraction of sp³-hybridized carbons (Fsp3) is 0.652. The zero-order valence-corrected chi connectivity index (χ0v) is 24.9. The van der Waals surface area contributed by atoms with Crippen molar-refractivity contribution < 1.29 is 43.0 Å². The minimum atomic E-state index is -3.94. The zero-order valence-electron chi connectivity index (χ0n) is 24.0. The van der Waals surface area contributed by atoms with Crippen LogP contribution < -0.4 is 15.7 Å². The molecular weight excluding hydrogens is 579 g/mol. The molecule has 0 spiro atoms. The molecule has 1 aliphatic heterocycles. The Morgan fingerprint density at radius 3 is 2.19 bits per heavy atom. The summed E-state index contributed by atoms with van der Waals surface area (Å²) in [6, 6.07) is 1.03. The molecule has 18 nitrogen and oxygen atoms in total. The summed E-state index contributed by atoms with van der Waals surface area (Å²) in [4.78, 5) is 49.7. The first-order chi connectivity index (χ1) is 19.6. The number of aryl methyl sites for hydroxylation is 1. The second-order valence-electron chi connectivity index (χ2n) is 10.1. The predicted octanol–water partition coefficient (Wildman–Crippen LogP) is -0.226. The largest absolute Gasteiger partial charge is 0.479 e. The maximum absolute atomic E-state index is 13.7. The molecule has 0 bridgehead atoms. The van der Waals surface area contributed by atoms with E-state index in [-0.39, 0.29) is 16.7 Å². The van der Waals surface area contributed by atoms with E-state index in [0.717, 1.165) is 23.2 Å². The number of hydrogen-bond donors (Lipinski definition) is 3. The van der Waals surface area contributed by atoms with Crippen LogP contribution in [0.4, 0.5) is 0 Å². The van der Waals surface area contributed by atoms with Crippen molar-refractivity contribution in [1.29, 1.82) is 5.26 Å². The Morgan fingerprint density at radius 1 is 1.12 bits per heavy atom. The number of carboxylic acid groups (broad SMARTS) is 1. The van der Waals surface area contributed by atoms with E-state index in [9.17, 15) is 34.1 Å². The molecule has 5 atom stereocenters. The number of carbonyl (C=O) groups excluding carboxylic acids is 2. The summed E-state index contributed by atoms with van der Waals surface area (Å²) in [5.74, 6) is -5.09. The van der Waals surface area contributed by atoms with Crippen LogP contribution in [0.5, 0.6) is 0 Å². The molecular formula is C23H33N8O10P. The number of carboxylic acids is 1. The molecule has 2 aromatic heterocycles. The lowest BCUT2D eigenvalue weighted by Gasteiger charge is -2.30. The number of aliphatic carboxylic acids is 1. The van der Waals surface area contributed by atoms with Gasteiger partial charge in [-0.15, -0.1) is 5.10 Å². The van der Waals surface area contributed by atoms with Gasteiger partial charge in [0.25, 0.3) is 13.0 Å². The molecule has 0 saturated carbocycles. The minimum absolute atomic E-state index is 0.0740. The summed E-state index contributed by atoms with van der Waals surface area (Å²) in [5, 5.41) is 36.4. The lowest BCUT2D eigenvalue weighted by Crippen LogP contribution is -2.44. The van der Waals surface area contributed by atoms with Crippen LogP contribution in [0.15, 0.2) is 4.79 Å². The number of carbonyl (C=O) groups is 3.